The molecule has 0 unspecified atom stereocenters. The predicted octanol–water partition coefficient (Wildman–Crippen LogP) is 12.7. The lowest BCUT2D eigenvalue weighted by Gasteiger charge is -2.17. The fourth-order valence-corrected chi connectivity index (χ4v) is 8.91. The highest BCUT2D eigenvalue weighted by Gasteiger charge is 2.19. The van der Waals surface area contributed by atoms with Crippen LogP contribution in [0.1, 0.15) is 0 Å². The van der Waals surface area contributed by atoms with Crippen molar-refractivity contribution in [1.82, 2.24) is 18.5 Å². The minimum Gasteiger partial charge on any atom is -0.309 e. The van der Waals surface area contributed by atoms with Crippen LogP contribution in [0.5, 0.6) is 0 Å². The molecule has 53 heavy (non-hydrogen) atoms. The fraction of sp³-hybridized carbons (Fsp3) is 0. The molecule has 4 aromatic heterocycles. The minimum atomic E-state index is 0.983. The highest BCUT2D eigenvalue weighted by atomic mass is 15.0. The number of hydrogen-bond donors (Lipinski definition) is 0. The molecular formula is C49H30N4. The van der Waals surface area contributed by atoms with Gasteiger partial charge in [-0.15, -0.1) is 0 Å². The maximum Gasteiger partial charge on any atom is 0.146 e. The molecule has 0 aliphatic rings. The van der Waals surface area contributed by atoms with E-state index in [1.54, 1.807) is 0 Å². The van der Waals surface area contributed by atoms with E-state index in [1.165, 1.54) is 54.4 Å². The number of benzene rings is 8. The first-order valence-electron chi connectivity index (χ1n) is 18.1. The first-order valence-corrected chi connectivity index (χ1v) is 18.1. The van der Waals surface area contributed by atoms with Gasteiger partial charge in [0, 0.05) is 43.7 Å². The largest absolute Gasteiger partial charge is 0.309 e. The van der Waals surface area contributed by atoms with Gasteiger partial charge in [0.15, 0.2) is 0 Å². The standard InChI is InChI=1S/C49H30N4/c1-2-18-41-35(13-1)40-26-25-31(29-48(40)53-47-24-12-7-19-42(47)50-49(41)53)32-27-33(51-43-20-8-3-14-36(43)37-15-4-9-21-44(37)51)30-34(28-32)52-45-22-10-5-16-38(45)39-17-6-11-23-46(39)52/h1-30H. The second-order valence-electron chi connectivity index (χ2n) is 14.0. The van der Waals surface area contributed by atoms with Crippen LogP contribution in [0.2, 0.25) is 0 Å². The summed E-state index contributed by atoms with van der Waals surface area (Å²) in [5, 5.41) is 8.57. The monoisotopic (exact) mass is 674 g/mol. The molecule has 8 aromatic carbocycles. The molecule has 0 spiro atoms. The van der Waals surface area contributed by atoms with Crippen molar-refractivity contribution >= 4 is 82.0 Å². The Hall–Kier alpha value is -7.17. The minimum absolute atomic E-state index is 0.983. The van der Waals surface area contributed by atoms with E-state index < -0.39 is 0 Å². The summed E-state index contributed by atoms with van der Waals surface area (Å²) in [5.74, 6) is 0. The normalized spacial score (nSPS) is 12.2. The molecule has 12 rings (SSSR count). The summed E-state index contributed by atoms with van der Waals surface area (Å²) >= 11 is 0. The first-order chi connectivity index (χ1) is 26.3. The Morgan fingerprint density at radius 1 is 0.302 bits per heavy atom. The first kappa shape index (κ1) is 28.5. The van der Waals surface area contributed by atoms with E-state index in [9.17, 15) is 0 Å². The van der Waals surface area contributed by atoms with Gasteiger partial charge in [0.1, 0.15) is 5.65 Å². The molecule has 0 saturated heterocycles. The average molecular weight is 675 g/mol. The molecule has 246 valence electrons. The number of imidazole rings is 1. The molecule has 4 nitrogen and oxygen atoms in total. The lowest BCUT2D eigenvalue weighted by atomic mass is 9.99. The lowest BCUT2D eigenvalue weighted by Crippen LogP contribution is -2.00. The second kappa shape index (κ2) is 10.7. The maximum atomic E-state index is 5.16. The van der Waals surface area contributed by atoms with Crippen LogP contribution in [-0.2, 0) is 0 Å². The van der Waals surface area contributed by atoms with E-state index in [0.29, 0.717) is 0 Å². The zero-order valence-electron chi connectivity index (χ0n) is 28.6. The maximum absolute atomic E-state index is 5.16. The van der Waals surface area contributed by atoms with Crippen molar-refractivity contribution in [2.24, 2.45) is 0 Å². The molecule has 0 atom stereocenters. The van der Waals surface area contributed by atoms with Crippen molar-refractivity contribution in [2.45, 2.75) is 0 Å². The Bertz CT molecular complexity index is 3230. The number of aromatic nitrogens is 4. The predicted molar refractivity (Wildman–Crippen MR) is 222 cm³/mol. The van der Waals surface area contributed by atoms with Gasteiger partial charge in [0.05, 0.1) is 38.6 Å². The van der Waals surface area contributed by atoms with Crippen LogP contribution in [-0.4, -0.2) is 18.5 Å². The fourth-order valence-electron chi connectivity index (χ4n) is 8.91. The molecule has 4 heteroatoms. The summed E-state index contributed by atoms with van der Waals surface area (Å²) in [4.78, 5) is 5.16. The Balaban J connectivity index is 1.21. The zero-order valence-corrected chi connectivity index (χ0v) is 28.6. The van der Waals surface area contributed by atoms with E-state index in [1.807, 2.05) is 0 Å². The van der Waals surface area contributed by atoms with Gasteiger partial charge in [-0.05, 0) is 77.2 Å². The van der Waals surface area contributed by atoms with Crippen molar-refractivity contribution in [3.63, 3.8) is 0 Å². The lowest BCUT2D eigenvalue weighted by molar-refractivity contribution is 1.13. The molecule has 4 heterocycles. The number of nitrogens with zero attached hydrogens (tertiary/aromatic N) is 4. The Kier molecular flexibility index (Phi) is 5.74. The SMILES string of the molecule is c1ccc2c(c1)nc1c3ccccc3c3ccc(-c4cc(-n5c6ccccc6c6ccccc65)cc(-n5c6ccccc6c6ccccc65)c4)cc3n21. The van der Waals surface area contributed by atoms with E-state index in [0.717, 1.165) is 50.1 Å². The molecule has 0 saturated carbocycles. The van der Waals surface area contributed by atoms with Gasteiger partial charge >= 0.3 is 0 Å². The molecule has 0 radical (unpaired) electrons. The third-order valence-electron chi connectivity index (χ3n) is 11.2. The summed E-state index contributed by atoms with van der Waals surface area (Å²) in [6.07, 6.45) is 0. The van der Waals surface area contributed by atoms with Crippen LogP contribution in [0.4, 0.5) is 0 Å². The topological polar surface area (TPSA) is 27.2 Å². The third-order valence-corrected chi connectivity index (χ3v) is 11.2. The number of rotatable bonds is 3. The molecule has 12 aromatic rings. The van der Waals surface area contributed by atoms with Gasteiger partial charge in [-0.1, -0.05) is 121 Å². The van der Waals surface area contributed by atoms with Crippen molar-refractivity contribution in [1.29, 1.82) is 0 Å². The summed E-state index contributed by atoms with van der Waals surface area (Å²) in [7, 11) is 0. The second-order valence-corrected chi connectivity index (χ2v) is 14.0. The smallest absolute Gasteiger partial charge is 0.146 e. The molecule has 0 aliphatic carbocycles. The number of pyridine rings is 1. The van der Waals surface area contributed by atoms with E-state index in [-0.39, 0.29) is 0 Å². The highest BCUT2D eigenvalue weighted by Crippen LogP contribution is 2.39. The van der Waals surface area contributed by atoms with Crippen molar-refractivity contribution in [3.05, 3.63) is 182 Å². The van der Waals surface area contributed by atoms with Gasteiger partial charge in [-0.25, -0.2) is 4.98 Å². The molecule has 0 amide bonds. The van der Waals surface area contributed by atoms with Gasteiger partial charge in [-0.3, -0.25) is 4.40 Å². The molecule has 0 fully saturated rings. The van der Waals surface area contributed by atoms with Crippen LogP contribution in [0.15, 0.2) is 182 Å². The average Bonchev–Trinajstić information content (AvgIpc) is 3.89. The van der Waals surface area contributed by atoms with Gasteiger partial charge in [-0.2, -0.15) is 0 Å². The third kappa shape index (κ3) is 3.98. The van der Waals surface area contributed by atoms with Crippen LogP contribution in [0.25, 0.3) is 104 Å². The van der Waals surface area contributed by atoms with Gasteiger partial charge in [0.2, 0.25) is 0 Å². The van der Waals surface area contributed by atoms with E-state index in [2.05, 4.69) is 196 Å². The van der Waals surface area contributed by atoms with Crippen molar-refractivity contribution in [2.75, 3.05) is 0 Å². The summed E-state index contributed by atoms with van der Waals surface area (Å²) < 4.78 is 7.21. The highest BCUT2D eigenvalue weighted by molar-refractivity contribution is 6.15. The zero-order chi connectivity index (χ0) is 34.6. The van der Waals surface area contributed by atoms with E-state index >= 15 is 0 Å². The number of hydrogen-bond acceptors (Lipinski definition) is 1. The Morgan fingerprint density at radius 2 is 0.736 bits per heavy atom. The van der Waals surface area contributed by atoms with Crippen LogP contribution >= 0.6 is 0 Å². The van der Waals surface area contributed by atoms with Crippen molar-refractivity contribution < 1.29 is 0 Å². The van der Waals surface area contributed by atoms with E-state index in [4.69, 9.17) is 4.98 Å². The summed E-state index contributed by atoms with van der Waals surface area (Å²) in [5.41, 5.74) is 13.5. The van der Waals surface area contributed by atoms with Crippen LogP contribution in [0.3, 0.4) is 0 Å². The van der Waals surface area contributed by atoms with Gasteiger partial charge in [0.25, 0.3) is 0 Å². The quantitative estimate of drug-likeness (QED) is 0.171. The summed E-state index contributed by atoms with van der Waals surface area (Å²) in [6.45, 7) is 0. The molecule has 0 bridgehead atoms. The Labute approximate surface area is 304 Å². The van der Waals surface area contributed by atoms with Crippen LogP contribution < -0.4 is 0 Å². The molecular weight excluding hydrogens is 645 g/mol. The van der Waals surface area contributed by atoms with Gasteiger partial charge < -0.3 is 9.13 Å². The molecule has 0 aliphatic heterocycles. The molecule has 0 N–H and O–H groups in total. The van der Waals surface area contributed by atoms with Crippen LogP contribution in [0, 0.1) is 0 Å². The van der Waals surface area contributed by atoms with Crippen molar-refractivity contribution in [3.8, 4) is 22.5 Å². The summed E-state index contributed by atoms with van der Waals surface area (Å²) in [6, 6.07) is 66.2. The number of fused-ring (bicyclic) bond motifs is 14. The Morgan fingerprint density at radius 3 is 1.28 bits per heavy atom. The number of para-hydroxylation sites is 6.